The molecule has 0 aliphatic heterocycles. The molecule has 4 rings (SSSR count). The highest BCUT2D eigenvalue weighted by atomic mass is 19.1. The second-order valence-corrected chi connectivity index (χ2v) is 7.87. The van der Waals surface area contributed by atoms with Gasteiger partial charge in [0.1, 0.15) is 11.6 Å². The van der Waals surface area contributed by atoms with Crippen molar-refractivity contribution in [1.29, 1.82) is 0 Å². The van der Waals surface area contributed by atoms with E-state index in [9.17, 15) is 9.18 Å². The maximum atomic E-state index is 14.3. The molecule has 0 bridgehead atoms. The van der Waals surface area contributed by atoms with Crippen LogP contribution >= 0.6 is 0 Å². The highest BCUT2D eigenvalue weighted by Gasteiger charge is 2.15. The standard InChI is InChI=1S/C21H21FN8O2/c1-21(2,3)30-11-18(24-12-30)29-19(31)27-17-8-14(4-5-15(17)22)32-20-23-7-6-16(28-20)13-9-25-26-10-13/h4-12H,1-3H3,(H,25,26)(H2,27,29,31). The van der Waals surface area contributed by atoms with Gasteiger partial charge in [0.15, 0.2) is 5.82 Å². The Kier molecular flexibility index (Phi) is 5.54. The van der Waals surface area contributed by atoms with E-state index in [-0.39, 0.29) is 23.0 Å². The summed E-state index contributed by atoms with van der Waals surface area (Å²) < 4.78 is 21.8. The van der Waals surface area contributed by atoms with E-state index in [1.807, 2.05) is 25.3 Å². The number of H-pyrrole nitrogens is 1. The quantitative estimate of drug-likeness (QED) is 0.426. The molecule has 0 aliphatic carbocycles. The smallest absolute Gasteiger partial charge is 0.324 e. The Morgan fingerprint density at radius 2 is 2.03 bits per heavy atom. The lowest BCUT2D eigenvalue weighted by atomic mass is 10.1. The number of nitrogens with one attached hydrogen (secondary N) is 3. The molecule has 11 heteroatoms. The molecule has 3 aromatic heterocycles. The fourth-order valence-electron chi connectivity index (χ4n) is 2.73. The summed E-state index contributed by atoms with van der Waals surface area (Å²) in [6.45, 7) is 6.02. The molecule has 0 aliphatic rings. The van der Waals surface area contributed by atoms with Gasteiger partial charge in [-0.05, 0) is 39.0 Å². The molecule has 10 nitrogen and oxygen atoms in total. The number of amides is 2. The average molecular weight is 436 g/mol. The van der Waals surface area contributed by atoms with Crippen LogP contribution in [0.15, 0.2) is 55.4 Å². The number of ether oxygens (including phenoxy) is 1. The molecule has 1 aromatic carbocycles. The zero-order valence-electron chi connectivity index (χ0n) is 17.6. The molecule has 3 N–H and O–H groups in total. The lowest BCUT2D eigenvalue weighted by Gasteiger charge is -2.19. The highest BCUT2D eigenvalue weighted by Crippen LogP contribution is 2.26. The Hall–Kier alpha value is -4.28. The molecule has 0 spiro atoms. The Morgan fingerprint density at radius 3 is 2.75 bits per heavy atom. The van der Waals surface area contributed by atoms with Crippen molar-refractivity contribution in [1.82, 2.24) is 29.7 Å². The second kappa shape index (κ2) is 8.46. The summed E-state index contributed by atoms with van der Waals surface area (Å²) in [6.07, 6.45) is 8.16. The maximum absolute atomic E-state index is 14.3. The van der Waals surface area contributed by atoms with Gasteiger partial charge in [0.05, 0.1) is 23.9 Å². The Bertz CT molecular complexity index is 1230. The Labute approximate surface area is 182 Å². The molecule has 0 unspecified atom stereocenters. The molecule has 4 aromatic rings. The number of nitrogens with zero attached hydrogens (tertiary/aromatic N) is 5. The van der Waals surface area contributed by atoms with Gasteiger partial charge < -0.3 is 14.6 Å². The van der Waals surface area contributed by atoms with Crippen molar-refractivity contribution in [2.45, 2.75) is 26.3 Å². The normalized spacial score (nSPS) is 11.2. The van der Waals surface area contributed by atoms with Crippen molar-refractivity contribution in [3.8, 4) is 23.0 Å². The fraction of sp³-hybridized carbons (Fsp3) is 0.190. The van der Waals surface area contributed by atoms with Gasteiger partial charge in [-0.15, -0.1) is 0 Å². The van der Waals surface area contributed by atoms with Crippen LogP contribution in [-0.2, 0) is 5.54 Å². The predicted molar refractivity (Wildman–Crippen MR) is 116 cm³/mol. The summed E-state index contributed by atoms with van der Waals surface area (Å²) >= 11 is 0. The van der Waals surface area contributed by atoms with Crippen LogP contribution in [0.3, 0.4) is 0 Å². The Balaban J connectivity index is 1.45. The number of hydrogen-bond donors (Lipinski definition) is 3. The first-order valence-electron chi connectivity index (χ1n) is 9.70. The van der Waals surface area contributed by atoms with E-state index < -0.39 is 11.8 Å². The number of urea groups is 1. The molecular weight excluding hydrogens is 415 g/mol. The largest absolute Gasteiger partial charge is 0.424 e. The molecule has 32 heavy (non-hydrogen) atoms. The fourth-order valence-corrected chi connectivity index (χ4v) is 2.73. The van der Waals surface area contributed by atoms with Crippen LogP contribution in [0.1, 0.15) is 20.8 Å². The van der Waals surface area contributed by atoms with Crippen LogP contribution in [0.5, 0.6) is 11.8 Å². The molecule has 3 heterocycles. The number of benzene rings is 1. The summed E-state index contributed by atoms with van der Waals surface area (Å²) in [5, 5.41) is 11.6. The number of aromatic amines is 1. The third kappa shape index (κ3) is 4.89. The number of imidazole rings is 1. The van der Waals surface area contributed by atoms with Crippen molar-refractivity contribution in [2.75, 3.05) is 10.6 Å². The lowest BCUT2D eigenvalue weighted by Crippen LogP contribution is -2.21. The van der Waals surface area contributed by atoms with Gasteiger partial charge in [-0.25, -0.2) is 19.2 Å². The van der Waals surface area contributed by atoms with Crippen LogP contribution in [0.25, 0.3) is 11.3 Å². The van der Waals surface area contributed by atoms with Crippen LogP contribution in [0, 0.1) is 5.82 Å². The monoisotopic (exact) mass is 436 g/mol. The van der Waals surface area contributed by atoms with Crippen LogP contribution in [0.4, 0.5) is 20.7 Å². The summed E-state index contributed by atoms with van der Waals surface area (Å²) in [7, 11) is 0. The van der Waals surface area contributed by atoms with E-state index in [2.05, 4.69) is 35.8 Å². The minimum Gasteiger partial charge on any atom is -0.424 e. The number of carbonyl (C=O) groups excluding carboxylic acids is 1. The second-order valence-electron chi connectivity index (χ2n) is 7.87. The number of rotatable bonds is 5. The summed E-state index contributed by atoms with van der Waals surface area (Å²) in [4.78, 5) is 24.8. The van der Waals surface area contributed by atoms with Gasteiger partial charge in [0.2, 0.25) is 0 Å². The zero-order chi connectivity index (χ0) is 22.7. The van der Waals surface area contributed by atoms with Crippen LogP contribution in [-0.4, -0.2) is 35.7 Å². The molecule has 0 saturated carbocycles. The molecule has 0 fully saturated rings. The average Bonchev–Trinajstić information content (AvgIpc) is 3.43. The van der Waals surface area contributed by atoms with Gasteiger partial charge in [0.25, 0.3) is 0 Å². The first-order chi connectivity index (χ1) is 15.3. The van der Waals surface area contributed by atoms with E-state index in [1.165, 1.54) is 24.4 Å². The van der Waals surface area contributed by atoms with E-state index in [0.29, 0.717) is 11.5 Å². The van der Waals surface area contributed by atoms with Crippen LogP contribution in [0.2, 0.25) is 0 Å². The topological polar surface area (TPSA) is 123 Å². The molecule has 0 atom stereocenters. The number of halogens is 1. The molecule has 0 saturated heterocycles. The summed E-state index contributed by atoms with van der Waals surface area (Å²) in [5.41, 5.74) is 1.13. The highest BCUT2D eigenvalue weighted by molar-refractivity contribution is 5.99. The number of anilines is 2. The molecule has 0 radical (unpaired) electrons. The summed E-state index contributed by atoms with van der Waals surface area (Å²) in [5.74, 6) is -0.0291. The first-order valence-corrected chi connectivity index (χ1v) is 9.70. The number of aromatic nitrogens is 6. The minimum atomic E-state index is -0.640. The van der Waals surface area contributed by atoms with Gasteiger partial charge in [-0.3, -0.25) is 10.4 Å². The van der Waals surface area contributed by atoms with Crippen LogP contribution < -0.4 is 15.4 Å². The SMILES string of the molecule is CC(C)(C)n1cnc(NC(=O)Nc2cc(Oc3nccc(-c4cn[nH]c4)n3)ccc2F)c1. The third-order valence-electron chi connectivity index (χ3n) is 4.42. The van der Waals surface area contributed by atoms with Crippen molar-refractivity contribution in [3.05, 3.63) is 61.2 Å². The summed E-state index contributed by atoms with van der Waals surface area (Å²) in [6, 6.07) is 5.07. The molecular formula is C21H21FN8O2. The zero-order valence-corrected chi connectivity index (χ0v) is 17.6. The maximum Gasteiger partial charge on any atom is 0.324 e. The van der Waals surface area contributed by atoms with Crippen molar-refractivity contribution < 1.29 is 13.9 Å². The number of carbonyl (C=O) groups is 1. The molecule has 2 amide bonds. The van der Waals surface area contributed by atoms with E-state index >= 15 is 0 Å². The Morgan fingerprint density at radius 1 is 1.19 bits per heavy atom. The van der Waals surface area contributed by atoms with Crippen molar-refractivity contribution >= 4 is 17.5 Å². The predicted octanol–water partition coefficient (Wildman–Crippen LogP) is 4.39. The lowest BCUT2D eigenvalue weighted by molar-refractivity contribution is 0.262. The molecule has 164 valence electrons. The van der Waals surface area contributed by atoms with Gasteiger partial charge in [-0.2, -0.15) is 10.1 Å². The van der Waals surface area contributed by atoms with E-state index in [4.69, 9.17) is 4.74 Å². The van der Waals surface area contributed by atoms with Crippen molar-refractivity contribution in [3.63, 3.8) is 0 Å². The first kappa shape index (κ1) is 21.0. The van der Waals surface area contributed by atoms with Gasteiger partial charge >= 0.3 is 12.0 Å². The number of hydrogen-bond acceptors (Lipinski definition) is 6. The van der Waals surface area contributed by atoms with Crippen molar-refractivity contribution in [2.24, 2.45) is 0 Å². The minimum absolute atomic E-state index is 0.0680. The van der Waals surface area contributed by atoms with Gasteiger partial charge in [-0.1, -0.05) is 0 Å². The van der Waals surface area contributed by atoms with E-state index in [1.54, 1.807) is 31.0 Å². The van der Waals surface area contributed by atoms with Gasteiger partial charge in [0, 0.05) is 35.8 Å². The third-order valence-corrected chi connectivity index (χ3v) is 4.42. The van der Waals surface area contributed by atoms with E-state index in [0.717, 1.165) is 5.56 Å².